The van der Waals surface area contributed by atoms with E-state index in [1.807, 2.05) is 31.3 Å². The summed E-state index contributed by atoms with van der Waals surface area (Å²) in [7, 11) is 2.03. The first-order valence-corrected chi connectivity index (χ1v) is 6.18. The van der Waals surface area contributed by atoms with Gasteiger partial charge in [0.1, 0.15) is 6.07 Å². The maximum atomic E-state index is 8.95. The quantitative estimate of drug-likeness (QED) is 0.605. The number of nitriles is 1. The third-order valence-electron chi connectivity index (χ3n) is 2.31. The van der Waals surface area contributed by atoms with Gasteiger partial charge < -0.3 is 4.90 Å². The number of anilines is 1. The highest BCUT2D eigenvalue weighted by Gasteiger charge is 2.05. The summed E-state index contributed by atoms with van der Waals surface area (Å²) in [6, 6.07) is 9.93. The molecule has 0 radical (unpaired) electrons. The average Bonchev–Trinajstić information content (AvgIpc) is 2.29. The molecule has 0 saturated heterocycles. The molecule has 0 unspecified atom stereocenters. The Morgan fingerprint density at radius 3 is 2.73 bits per heavy atom. The van der Waals surface area contributed by atoms with Crippen LogP contribution in [0.25, 0.3) is 0 Å². The average molecular weight is 267 g/mol. The van der Waals surface area contributed by atoms with Crippen molar-refractivity contribution in [3.8, 4) is 6.07 Å². The van der Waals surface area contributed by atoms with Gasteiger partial charge in [-0.2, -0.15) is 5.26 Å². The summed E-state index contributed by atoms with van der Waals surface area (Å²) in [5, 5.41) is 10.00. The van der Waals surface area contributed by atoms with E-state index in [0.29, 0.717) is 0 Å². The molecule has 1 aromatic rings. The maximum absolute atomic E-state index is 8.95. The van der Waals surface area contributed by atoms with E-state index in [0.717, 1.165) is 29.5 Å². The molecular formula is C12H15BrN2. The van der Waals surface area contributed by atoms with E-state index in [4.69, 9.17) is 5.26 Å². The van der Waals surface area contributed by atoms with Crippen LogP contribution in [0.15, 0.2) is 24.3 Å². The zero-order valence-corrected chi connectivity index (χ0v) is 10.5. The lowest BCUT2D eigenvalue weighted by Gasteiger charge is -2.20. The smallest absolute Gasteiger partial charge is 0.101 e. The molecule has 0 saturated carbocycles. The third-order valence-corrected chi connectivity index (χ3v) is 2.87. The summed E-state index contributed by atoms with van der Waals surface area (Å²) < 4.78 is 0. The lowest BCUT2D eigenvalue weighted by Crippen LogP contribution is -2.19. The number of nitrogens with zero attached hydrogens (tertiary/aromatic N) is 2. The van der Waals surface area contributed by atoms with Crippen LogP contribution in [0, 0.1) is 11.3 Å². The van der Waals surface area contributed by atoms with Crippen molar-refractivity contribution in [3.05, 3.63) is 29.8 Å². The van der Waals surface area contributed by atoms with E-state index < -0.39 is 0 Å². The molecule has 0 heterocycles. The minimum absolute atomic E-state index is 0.749. The van der Waals surface area contributed by atoms with Gasteiger partial charge in [-0.05, 0) is 25.0 Å². The summed E-state index contributed by atoms with van der Waals surface area (Å²) in [6.45, 7) is 0.990. The molecule has 0 amide bonds. The fraction of sp³-hybridized carbons (Fsp3) is 0.417. The van der Waals surface area contributed by atoms with Crippen molar-refractivity contribution >= 4 is 21.6 Å². The summed E-state index contributed by atoms with van der Waals surface area (Å²) in [6.07, 6.45) is 2.31. The molecule has 0 bridgehead atoms. The topological polar surface area (TPSA) is 27.0 Å². The summed E-state index contributed by atoms with van der Waals surface area (Å²) in [5.41, 5.74) is 1.77. The van der Waals surface area contributed by atoms with Crippen molar-refractivity contribution in [1.29, 1.82) is 5.26 Å². The first-order chi connectivity index (χ1) is 7.29. The summed E-state index contributed by atoms with van der Waals surface area (Å²) in [5.74, 6) is 0. The van der Waals surface area contributed by atoms with Gasteiger partial charge in [0, 0.05) is 18.9 Å². The van der Waals surface area contributed by atoms with Gasteiger partial charge in [-0.15, -0.1) is 0 Å². The molecule has 0 fully saturated rings. The maximum Gasteiger partial charge on any atom is 0.101 e. The normalized spacial score (nSPS) is 9.67. The van der Waals surface area contributed by atoms with Crippen LogP contribution >= 0.6 is 15.9 Å². The van der Waals surface area contributed by atoms with Gasteiger partial charge in [-0.25, -0.2) is 0 Å². The molecule has 0 aliphatic carbocycles. The second-order valence-corrected chi connectivity index (χ2v) is 4.24. The van der Waals surface area contributed by atoms with Crippen molar-refractivity contribution in [2.75, 3.05) is 23.8 Å². The Balaban J connectivity index is 2.65. The number of hydrogen-bond acceptors (Lipinski definition) is 2. The Bertz CT molecular complexity index is 344. The van der Waals surface area contributed by atoms with E-state index in [-0.39, 0.29) is 0 Å². The first kappa shape index (κ1) is 12.1. The molecule has 1 rings (SSSR count). The fourth-order valence-corrected chi connectivity index (χ4v) is 1.86. The lowest BCUT2D eigenvalue weighted by molar-refractivity contribution is 0.774. The predicted molar refractivity (Wildman–Crippen MR) is 67.5 cm³/mol. The van der Waals surface area contributed by atoms with Crippen LogP contribution in [0.5, 0.6) is 0 Å². The van der Waals surface area contributed by atoms with Gasteiger partial charge in [0.25, 0.3) is 0 Å². The SMILES string of the molecule is CN(CCCCBr)c1ccccc1C#N. The molecule has 0 aromatic heterocycles. The molecular weight excluding hydrogens is 252 g/mol. The number of para-hydroxylation sites is 1. The summed E-state index contributed by atoms with van der Waals surface area (Å²) in [4.78, 5) is 2.14. The third kappa shape index (κ3) is 3.56. The molecule has 80 valence electrons. The van der Waals surface area contributed by atoms with Crippen LogP contribution in [-0.4, -0.2) is 18.9 Å². The zero-order chi connectivity index (χ0) is 11.1. The van der Waals surface area contributed by atoms with Crippen LogP contribution in [0.4, 0.5) is 5.69 Å². The highest BCUT2D eigenvalue weighted by atomic mass is 79.9. The molecule has 1 aromatic carbocycles. The van der Waals surface area contributed by atoms with Crippen LogP contribution in [0.1, 0.15) is 18.4 Å². The number of alkyl halides is 1. The Hall–Kier alpha value is -1.01. The van der Waals surface area contributed by atoms with E-state index in [1.165, 1.54) is 6.42 Å². The highest BCUT2D eigenvalue weighted by molar-refractivity contribution is 9.09. The second-order valence-electron chi connectivity index (χ2n) is 3.45. The van der Waals surface area contributed by atoms with E-state index in [9.17, 15) is 0 Å². The van der Waals surface area contributed by atoms with Crippen molar-refractivity contribution < 1.29 is 0 Å². The number of benzene rings is 1. The van der Waals surface area contributed by atoms with E-state index in [2.05, 4.69) is 26.9 Å². The minimum Gasteiger partial charge on any atom is -0.374 e. The molecule has 0 atom stereocenters. The number of unbranched alkanes of at least 4 members (excludes halogenated alkanes) is 1. The standard InChI is InChI=1S/C12H15BrN2/c1-15(9-5-4-8-13)12-7-3-2-6-11(12)10-14/h2-3,6-7H,4-5,8-9H2,1H3. The highest BCUT2D eigenvalue weighted by Crippen LogP contribution is 2.18. The van der Waals surface area contributed by atoms with Crippen molar-refractivity contribution in [2.24, 2.45) is 0 Å². The van der Waals surface area contributed by atoms with Crippen LogP contribution in [0.2, 0.25) is 0 Å². The number of rotatable bonds is 5. The van der Waals surface area contributed by atoms with Gasteiger partial charge in [-0.3, -0.25) is 0 Å². The van der Waals surface area contributed by atoms with Gasteiger partial charge in [0.15, 0.2) is 0 Å². The van der Waals surface area contributed by atoms with Gasteiger partial charge in [-0.1, -0.05) is 28.1 Å². The molecule has 2 nitrogen and oxygen atoms in total. The van der Waals surface area contributed by atoms with Crippen LogP contribution in [0.3, 0.4) is 0 Å². The molecule has 0 aliphatic rings. The summed E-state index contributed by atoms with van der Waals surface area (Å²) >= 11 is 3.41. The van der Waals surface area contributed by atoms with Crippen molar-refractivity contribution in [2.45, 2.75) is 12.8 Å². The van der Waals surface area contributed by atoms with Gasteiger partial charge in [0.05, 0.1) is 11.3 Å². The van der Waals surface area contributed by atoms with Crippen LogP contribution < -0.4 is 4.90 Å². The van der Waals surface area contributed by atoms with Crippen LogP contribution in [-0.2, 0) is 0 Å². The molecule has 15 heavy (non-hydrogen) atoms. The molecule has 0 spiro atoms. The van der Waals surface area contributed by atoms with Crippen molar-refractivity contribution in [1.82, 2.24) is 0 Å². The Morgan fingerprint density at radius 2 is 2.07 bits per heavy atom. The van der Waals surface area contributed by atoms with E-state index >= 15 is 0 Å². The molecule has 3 heteroatoms. The Kier molecular flexibility index (Phi) is 5.20. The van der Waals surface area contributed by atoms with Gasteiger partial charge in [0.2, 0.25) is 0 Å². The molecule has 0 aliphatic heterocycles. The second kappa shape index (κ2) is 6.47. The lowest BCUT2D eigenvalue weighted by atomic mass is 10.1. The Morgan fingerprint density at radius 1 is 1.33 bits per heavy atom. The monoisotopic (exact) mass is 266 g/mol. The molecule has 0 N–H and O–H groups in total. The number of hydrogen-bond donors (Lipinski definition) is 0. The largest absolute Gasteiger partial charge is 0.374 e. The van der Waals surface area contributed by atoms with E-state index in [1.54, 1.807) is 0 Å². The fourth-order valence-electron chi connectivity index (χ4n) is 1.46. The van der Waals surface area contributed by atoms with Crippen molar-refractivity contribution in [3.63, 3.8) is 0 Å². The number of halogens is 1. The Labute approximate surface area is 99.6 Å². The zero-order valence-electron chi connectivity index (χ0n) is 8.91. The van der Waals surface area contributed by atoms with Gasteiger partial charge >= 0.3 is 0 Å². The predicted octanol–water partition coefficient (Wildman–Crippen LogP) is 3.17. The minimum atomic E-state index is 0.749. The first-order valence-electron chi connectivity index (χ1n) is 5.06.